The Morgan fingerprint density at radius 2 is 2.08 bits per heavy atom. The zero-order valence-corrected chi connectivity index (χ0v) is 14.9. The van der Waals surface area contributed by atoms with Gasteiger partial charge in [0.25, 0.3) is 0 Å². The molecule has 0 radical (unpaired) electrons. The molecule has 0 fully saturated rings. The van der Waals surface area contributed by atoms with Gasteiger partial charge in [0.1, 0.15) is 0 Å². The molecule has 0 aliphatic rings. The average molecular weight is 379 g/mol. The fourth-order valence-electron chi connectivity index (χ4n) is 2.08. The van der Waals surface area contributed by atoms with Crippen molar-refractivity contribution in [3.63, 3.8) is 0 Å². The van der Waals surface area contributed by atoms with Gasteiger partial charge in [-0.3, -0.25) is 4.98 Å². The zero-order chi connectivity index (χ0) is 17.9. The molecule has 2 aromatic heterocycles. The molecule has 0 saturated carbocycles. The van der Waals surface area contributed by atoms with Crippen molar-refractivity contribution in [1.29, 1.82) is 0 Å². The molecular weight excluding hydrogens is 364 g/mol. The van der Waals surface area contributed by atoms with Crippen LogP contribution in [-0.4, -0.2) is 30.1 Å². The van der Waals surface area contributed by atoms with E-state index in [1.54, 1.807) is 30.6 Å². The highest BCUT2D eigenvalue weighted by molar-refractivity contribution is 7.89. The molecule has 3 rings (SSSR count). The summed E-state index contributed by atoms with van der Waals surface area (Å²) in [6.07, 6.45) is 3.53. The number of hydrogen-bond donors (Lipinski definition) is 1. The minimum absolute atomic E-state index is 0.115. The number of aromatic nitrogens is 3. The smallest absolute Gasteiger partial charge is 0.249 e. The molecule has 130 valence electrons. The summed E-state index contributed by atoms with van der Waals surface area (Å²) < 4.78 is 32.5. The number of nitrogens with one attached hydrogen (secondary N) is 1. The fourth-order valence-corrected chi connectivity index (χ4v) is 3.38. The van der Waals surface area contributed by atoms with Crippen molar-refractivity contribution >= 4 is 21.6 Å². The van der Waals surface area contributed by atoms with E-state index in [4.69, 9.17) is 16.0 Å². The molecule has 7 nitrogen and oxygen atoms in total. The predicted molar refractivity (Wildman–Crippen MR) is 92.6 cm³/mol. The summed E-state index contributed by atoms with van der Waals surface area (Å²) in [7, 11) is -3.65. The lowest BCUT2D eigenvalue weighted by Gasteiger charge is -2.07. The Bertz CT molecular complexity index is 974. The van der Waals surface area contributed by atoms with Gasteiger partial charge in [-0.25, -0.2) is 13.1 Å². The number of sulfonamides is 1. The summed E-state index contributed by atoms with van der Waals surface area (Å²) in [6.45, 7) is 1.93. The van der Waals surface area contributed by atoms with Gasteiger partial charge >= 0.3 is 0 Å². The van der Waals surface area contributed by atoms with Crippen molar-refractivity contribution < 1.29 is 12.8 Å². The third-order valence-corrected chi connectivity index (χ3v) is 5.33. The molecule has 9 heteroatoms. The van der Waals surface area contributed by atoms with Crippen LogP contribution in [0.3, 0.4) is 0 Å². The molecule has 0 aliphatic heterocycles. The molecule has 0 unspecified atom stereocenters. The van der Waals surface area contributed by atoms with Gasteiger partial charge in [-0.15, -0.1) is 10.2 Å². The van der Waals surface area contributed by atoms with Crippen LogP contribution >= 0.6 is 11.6 Å². The van der Waals surface area contributed by atoms with Crippen LogP contribution in [-0.2, 0) is 16.4 Å². The number of aryl methyl sites for hydroxylation is 1. The van der Waals surface area contributed by atoms with E-state index in [0.717, 1.165) is 5.56 Å². The standard InChI is InChI=1S/C16H15ClN4O3S/c1-11-4-5-13(9-14(11)17)25(22,23)19-8-6-15-20-21-16(24-15)12-3-2-7-18-10-12/h2-5,7,9-10,19H,6,8H2,1H3. The lowest BCUT2D eigenvalue weighted by Crippen LogP contribution is -2.26. The molecule has 0 spiro atoms. The normalized spacial score (nSPS) is 11.6. The highest BCUT2D eigenvalue weighted by Crippen LogP contribution is 2.20. The zero-order valence-electron chi connectivity index (χ0n) is 13.3. The summed E-state index contributed by atoms with van der Waals surface area (Å²) in [6, 6.07) is 8.16. The Morgan fingerprint density at radius 3 is 2.80 bits per heavy atom. The van der Waals surface area contributed by atoms with Crippen LogP contribution in [0.25, 0.3) is 11.5 Å². The van der Waals surface area contributed by atoms with E-state index in [-0.39, 0.29) is 17.9 Å². The summed E-state index contributed by atoms with van der Waals surface area (Å²) in [5, 5.41) is 8.24. The first-order valence-corrected chi connectivity index (χ1v) is 9.30. The van der Waals surface area contributed by atoms with Gasteiger partial charge in [0.15, 0.2) is 0 Å². The number of halogens is 1. The number of hydrogen-bond acceptors (Lipinski definition) is 6. The van der Waals surface area contributed by atoms with Crippen LogP contribution in [0.2, 0.25) is 5.02 Å². The Morgan fingerprint density at radius 1 is 1.24 bits per heavy atom. The molecule has 1 N–H and O–H groups in total. The van der Waals surface area contributed by atoms with E-state index in [1.807, 2.05) is 6.92 Å². The Labute approximate surface area is 150 Å². The summed E-state index contributed by atoms with van der Waals surface area (Å²) in [4.78, 5) is 4.10. The summed E-state index contributed by atoms with van der Waals surface area (Å²) in [5.74, 6) is 0.680. The molecule has 25 heavy (non-hydrogen) atoms. The van der Waals surface area contributed by atoms with E-state index in [1.165, 1.54) is 12.1 Å². The van der Waals surface area contributed by atoms with E-state index in [9.17, 15) is 8.42 Å². The van der Waals surface area contributed by atoms with Crippen molar-refractivity contribution in [3.8, 4) is 11.5 Å². The summed E-state index contributed by atoms with van der Waals surface area (Å²) >= 11 is 5.98. The second kappa shape index (κ2) is 7.30. The molecule has 0 bridgehead atoms. The fraction of sp³-hybridized carbons (Fsp3) is 0.188. The topological polar surface area (TPSA) is 98.0 Å². The number of rotatable bonds is 6. The van der Waals surface area contributed by atoms with Gasteiger partial charge in [-0.2, -0.15) is 0 Å². The Hall–Kier alpha value is -2.29. The van der Waals surface area contributed by atoms with E-state index < -0.39 is 10.0 Å². The molecule has 0 amide bonds. The molecule has 3 aromatic rings. The summed E-state index contributed by atoms with van der Waals surface area (Å²) in [5.41, 5.74) is 1.52. The van der Waals surface area contributed by atoms with Crippen LogP contribution < -0.4 is 4.72 Å². The Kier molecular flexibility index (Phi) is 5.12. The lowest BCUT2D eigenvalue weighted by atomic mass is 10.2. The second-order valence-electron chi connectivity index (χ2n) is 5.30. The SMILES string of the molecule is Cc1ccc(S(=O)(=O)NCCc2nnc(-c3cccnc3)o2)cc1Cl. The van der Waals surface area contributed by atoms with Crippen LogP contribution in [0.5, 0.6) is 0 Å². The van der Waals surface area contributed by atoms with Gasteiger partial charge in [-0.1, -0.05) is 17.7 Å². The maximum absolute atomic E-state index is 12.3. The first-order chi connectivity index (χ1) is 12.0. The van der Waals surface area contributed by atoms with Gasteiger partial charge in [0, 0.05) is 30.4 Å². The first kappa shape index (κ1) is 17.5. The van der Waals surface area contributed by atoms with Gasteiger partial charge in [0.05, 0.1) is 10.5 Å². The second-order valence-corrected chi connectivity index (χ2v) is 7.48. The molecule has 1 aromatic carbocycles. The number of benzene rings is 1. The molecule has 0 saturated heterocycles. The monoisotopic (exact) mass is 378 g/mol. The third-order valence-electron chi connectivity index (χ3n) is 3.46. The van der Waals surface area contributed by atoms with Crippen LogP contribution in [0.15, 0.2) is 52.0 Å². The molecule has 0 atom stereocenters. The van der Waals surface area contributed by atoms with Crippen LogP contribution in [0.1, 0.15) is 11.5 Å². The van der Waals surface area contributed by atoms with Crippen LogP contribution in [0.4, 0.5) is 0 Å². The van der Waals surface area contributed by atoms with Crippen molar-refractivity contribution in [3.05, 3.63) is 59.2 Å². The van der Waals surface area contributed by atoms with Gasteiger partial charge < -0.3 is 4.42 Å². The highest BCUT2D eigenvalue weighted by atomic mass is 35.5. The highest BCUT2D eigenvalue weighted by Gasteiger charge is 2.15. The lowest BCUT2D eigenvalue weighted by molar-refractivity contribution is 0.501. The molecule has 2 heterocycles. The van der Waals surface area contributed by atoms with Crippen molar-refractivity contribution in [2.75, 3.05) is 6.54 Å². The van der Waals surface area contributed by atoms with Crippen molar-refractivity contribution in [2.24, 2.45) is 0 Å². The van der Waals surface area contributed by atoms with E-state index in [2.05, 4.69) is 19.9 Å². The number of nitrogens with zero attached hydrogens (tertiary/aromatic N) is 3. The van der Waals surface area contributed by atoms with Crippen molar-refractivity contribution in [1.82, 2.24) is 19.9 Å². The predicted octanol–water partition coefficient (Wildman–Crippen LogP) is 2.61. The molecule has 0 aliphatic carbocycles. The minimum Gasteiger partial charge on any atom is -0.421 e. The number of pyridine rings is 1. The first-order valence-electron chi connectivity index (χ1n) is 7.44. The largest absolute Gasteiger partial charge is 0.421 e. The van der Waals surface area contributed by atoms with Crippen molar-refractivity contribution in [2.45, 2.75) is 18.2 Å². The van der Waals surface area contributed by atoms with Gasteiger partial charge in [-0.05, 0) is 36.8 Å². The maximum Gasteiger partial charge on any atom is 0.249 e. The minimum atomic E-state index is -3.65. The van der Waals surface area contributed by atoms with Gasteiger partial charge in [0.2, 0.25) is 21.8 Å². The maximum atomic E-state index is 12.3. The van der Waals surface area contributed by atoms with E-state index >= 15 is 0 Å². The average Bonchev–Trinajstić information content (AvgIpc) is 3.07. The van der Waals surface area contributed by atoms with Crippen LogP contribution in [0, 0.1) is 6.92 Å². The molecular formula is C16H15ClN4O3S. The quantitative estimate of drug-likeness (QED) is 0.708. The third kappa shape index (κ3) is 4.22. The van der Waals surface area contributed by atoms with E-state index in [0.29, 0.717) is 22.4 Å². The Balaban J connectivity index is 1.63.